The molecule has 0 saturated carbocycles. The molecule has 0 fully saturated rings. The van der Waals surface area contributed by atoms with Crippen molar-refractivity contribution in [2.75, 3.05) is 16.8 Å². The van der Waals surface area contributed by atoms with E-state index in [-0.39, 0.29) is 5.69 Å². The zero-order chi connectivity index (χ0) is 16.8. The normalized spacial score (nSPS) is 11.8. The van der Waals surface area contributed by atoms with Crippen molar-refractivity contribution in [1.82, 2.24) is 19.7 Å². The molecule has 7 nitrogen and oxygen atoms in total. The zero-order valence-electron chi connectivity index (χ0n) is 14.1. The fourth-order valence-electron chi connectivity index (χ4n) is 2.58. The van der Waals surface area contributed by atoms with E-state index in [4.69, 9.17) is 0 Å². The second kappa shape index (κ2) is 7.58. The fraction of sp³-hybridized carbons (Fsp3) is 0.500. The summed E-state index contributed by atoms with van der Waals surface area (Å²) in [4.78, 5) is 11.1. The summed E-state index contributed by atoms with van der Waals surface area (Å²) in [7, 11) is 1.84. The Morgan fingerprint density at radius 1 is 1.39 bits per heavy atom. The molecule has 0 aliphatic carbocycles. The van der Waals surface area contributed by atoms with Gasteiger partial charge < -0.3 is 10.2 Å². The third-order valence-corrected chi connectivity index (χ3v) is 3.71. The summed E-state index contributed by atoms with van der Waals surface area (Å²) in [5.41, 5.74) is 1.05. The Morgan fingerprint density at radius 2 is 2.17 bits per heavy atom. The van der Waals surface area contributed by atoms with E-state index >= 15 is 0 Å². The van der Waals surface area contributed by atoms with E-state index in [1.807, 2.05) is 13.2 Å². The molecule has 2 aromatic rings. The number of aromatic nitrogens is 4. The van der Waals surface area contributed by atoms with Crippen LogP contribution in [0.15, 0.2) is 18.6 Å². The maximum atomic E-state index is 9.25. The van der Waals surface area contributed by atoms with Gasteiger partial charge in [-0.2, -0.15) is 10.4 Å². The zero-order valence-corrected chi connectivity index (χ0v) is 14.1. The number of nitriles is 1. The second-order valence-electron chi connectivity index (χ2n) is 5.49. The first-order chi connectivity index (χ1) is 11.1. The van der Waals surface area contributed by atoms with E-state index < -0.39 is 0 Å². The average Bonchev–Trinajstić information content (AvgIpc) is 2.94. The summed E-state index contributed by atoms with van der Waals surface area (Å²) in [5.74, 6) is 1.24. The Balaban J connectivity index is 2.32. The third kappa shape index (κ3) is 3.97. The van der Waals surface area contributed by atoms with Gasteiger partial charge in [-0.1, -0.05) is 13.3 Å². The minimum atomic E-state index is 0.275. The largest absolute Gasteiger partial charge is 0.353 e. The lowest BCUT2D eigenvalue weighted by Crippen LogP contribution is -2.33. The van der Waals surface area contributed by atoms with Crippen LogP contribution in [-0.2, 0) is 7.05 Å². The molecule has 0 spiro atoms. The van der Waals surface area contributed by atoms with Gasteiger partial charge in [0.2, 0.25) is 0 Å². The van der Waals surface area contributed by atoms with Crippen LogP contribution in [0, 0.1) is 11.3 Å². The van der Waals surface area contributed by atoms with E-state index in [1.54, 1.807) is 17.1 Å². The van der Waals surface area contributed by atoms with E-state index in [2.05, 4.69) is 52.1 Å². The van der Waals surface area contributed by atoms with Crippen molar-refractivity contribution in [3.8, 4) is 6.07 Å². The highest BCUT2D eigenvalue weighted by atomic mass is 15.3. The molecule has 1 unspecified atom stereocenters. The van der Waals surface area contributed by atoms with E-state index in [1.165, 1.54) is 0 Å². The molecule has 23 heavy (non-hydrogen) atoms. The molecule has 122 valence electrons. The van der Waals surface area contributed by atoms with Crippen LogP contribution >= 0.6 is 0 Å². The van der Waals surface area contributed by atoms with Gasteiger partial charge in [-0.25, -0.2) is 9.97 Å². The maximum absolute atomic E-state index is 9.25. The molecule has 0 amide bonds. The molecular weight excluding hydrogens is 290 g/mol. The highest BCUT2D eigenvalue weighted by molar-refractivity contribution is 5.61. The van der Waals surface area contributed by atoms with Crippen LogP contribution in [0.25, 0.3) is 0 Å². The molecule has 0 radical (unpaired) electrons. The van der Waals surface area contributed by atoms with Gasteiger partial charge in [-0.3, -0.25) is 4.68 Å². The predicted octanol–water partition coefficient (Wildman–Crippen LogP) is 2.84. The Bertz CT molecular complexity index is 686. The molecule has 0 saturated heterocycles. The van der Waals surface area contributed by atoms with Gasteiger partial charge in [0, 0.05) is 25.8 Å². The van der Waals surface area contributed by atoms with Crippen LogP contribution in [0.3, 0.4) is 0 Å². The molecular formula is C16H23N7. The molecule has 0 aliphatic rings. The molecule has 2 rings (SSSR count). The van der Waals surface area contributed by atoms with E-state index in [9.17, 15) is 5.26 Å². The summed E-state index contributed by atoms with van der Waals surface area (Å²) < 4.78 is 1.69. The van der Waals surface area contributed by atoms with Gasteiger partial charge in [0.1, 0.15) is 11.9 Å². The SMILES string of the molecule is CCCC(C)N(CC)c1cnc(C#N)c(Nc2cnn(C)c2)n1. The minimum Gasteiger partial charge on any atom is -0.353 e. The third-order valence-electron chi connectivity index (χ3n) is 3.71. The summed E-state index contributed by atoms with van der Waals surface area (Å²) >= 11 is 0. The molecule has 0 bridgehead atoms. The van der Waals surface area contributed by atoms with Gasteiger partial charge in [-0.15, -0.1) is 0 Å². The smallest absolute Gasteiger partial charge is 0.183 e. The van der Waals surface area contributed by atoms with E-state index in [0.29, 0.717) is 11.9 Å². The van der Waals surface area contributed by atoms with Crippen LogP contribution < -0.4 is 10.2 Å². The van der Waals surface area contributed by atoms with Gasteiger partial charge in [-0.05, 0) is 20.3 Å². The first kappa shape index (κ1) is 16.7. The molecule has 1 N–H and O–H groups in total. The van der Waals surface area contributed by atoms with Crippen molar-refractivity contribution in [3.05, 3.63) is 24.3 Å². The fourth-order valence-corrected chi connectivity index (χ4v) is 2.58. The summed E-state index contributed by atoms with van der Waals surface area (Å²) in [5, 5.41) is 16.5. The lowest BCUT2D eigenvalue weighted by molar-refractivity contribution is 0.585. The second-order valence-corrected chi connectivity index (χ2v) is 5.49. The number of rotatable bonds is 7. The first-order valence-corrected chi connectivity index (χ1v) is 7.88. The minimum absolute atomic E-state index is 0.275. The van der Waals surface area contributed by atoms with Gasteiger partial charge in [0.15, 0.2) is 11.5 Å². The Hall–Kier alpha value is -2.62. The summed E-state index contributed by atoms with van der Waals surface area (Å²) in [6.07, 6.45) is 7.38. The van der Waals surface area contributed by atoms with Gasteiger partial charge in [0.25, 0.3) is 0 Å². The van der Waals surface area contributed by atoms with Crippen molar-refractivity contribution in [2.24, 2.45) is 7.05 Å². The van der Waals surface area contributed by atoms with Crippen LogP contribution in [0.1, 0.15) is 39.3 Å². The number of hydrogen-bond donors (Lipinski definition) is 1. The highest BCUT2D eigenvalue weighted by Crippen LogP contribution is 2.22. The number of nitrogens with one attached hydrogen (secondary N) is 1. The standard InChI is InChI=1S/C16H23N7/c1-5-7-12(3)23(6-2)15-10-18-14(8-17)16(21-15)20-13-9-19-22(4)11-13/h9-12H,5-7H2,1-4H3,(H,20,21). The predicted molar refractivity (Wildman–Crippen MR) is 90.6 cm³/mol. The molecule has 0 aromatic carbocycles. The molecule has 7 heteroatoms. The number of hydrogen-bond acceptors (Lipinski definition) is 6. The Labute approximate surface area is 137 Å². The molecule has 2 heterocycles. The molecule has 2 aromatic heterocycles. The van der Waals surface area contributed by atoms with Crippen LogP contribution in [0.5, 0.6) is 0 Å². The maximum Gasteiger partial charge on any atom is 0.183 e. The van der Waals surface area contributed by atoms with Crippen LogP contribution in [-0.4, -0.2) is 32.3 Å². The number of nitrogens with zero attached hydrogens (tertiary/aromatic N) is 6. The van der Waals surface area contributed by atoms with Gasteiger partial charge in [0.05, 0.1) is 18.1 Å². The molecule has 1 atom stereocenters. The lowest BCUT2D eigenvalue weighted by atomic mass is 10.1. The van der Waals surface area contributed by atoms with Gasteiger partial charge >= 0.3 is 0 Å². The average molecular weight is 313 g/mol. The Kier molecular flexibility index (Phi) is 5.52. The van der Waals surface area contributed by atoms with Crippen LogP contribution in [0.2, 0.25) is 0 Å². The number of aryl methyl sites for hydroxylation is 1. The Morgan fingerprint density at radius 3 is 2.74 bits per heavy atom. The number of anilines is 3. The van der Waals surface area contributed by atoms with Crippen LogP contribution in [0.4, 0.5) is 17.3 Å². The summed E-state index contributed by atoms with van der Waals surface area (Å²) in [6, 6.07) is 2.45. The van der Waals surface area contributed by atoms with Crippen molar-refractivity contribution in [3.63, 3.8) is 0 Å². The first-order valence-electron chi connectivity index (χ1n) is 7.88. The van der Waals surface area contributed by atoms with E-state index in [0.717, 1.165) is 30.9 Å². The highest BCUT2D eigenvalue weighted by Gasteiger charge is 2.16. The van der Waals surface area contributed by atoms with Crippen molar-refractivity contribution >= 4 is 17.3 Å². The topological polar surface area (TPSA) is 82.7 Å². The van der Waals surface area contributed by atoms with Crippen molar-refractivity contribution in [2.45, 2.75) is 39.7 Å². The monoisotopic (exact) mass is 313 g/mol. The van der Waals surface area contributed by atoms with Crippen molar-refractivity contribution < 1.29 is 0 Å². The molecule has 0 aliphatic heterocycles. The van der Waals surface area contributed by atoms with Crippen molar-refractivity contribution in [1.29, 1.82) is 5.26 Å². The lowest BCUT2D eigenvalue weighted by Gasteiger charge is -2.29. The summed E-state index contributed by atoms with van der Waals surface area (Å²) in [6.45, 7) is 7.29. The quantitative estimate of drug-likeness (QED) is 0.846.